The quantitative estimate of drug-likeness (QED) is 0.624. The van der Waals surface area contributed by atoms with Gasteiger partial charge in [-0.3, -0.25) is 14.8 Å². The molecule has 1 aromatic heterocycles. The van der Waals surface area contributed by atoms with Gasteiger partial charge >= 0.3 is 0 Å². The van der Waals surface area contributed by atoms with Crippen molar-refractivity contribution in [2.45, 2.75) is 44.1 Å². The summed E-state index contributed by atoms with van der Waals surface area (Å²) in [5.74, 6) is 2.59. The van der Waals surface area contributed by atoms with Crippen molar-refractivity contribution in [3.8, 4) is 0 Å². The fourth-order valence-electron chi connectivity index (χ4n) is 5.84. The highest BCUT2D eigenvalue weighted by Gasteiger charge is 2.52. The Kier molecular flexibility index (Phi) is 2.34. The molecule has 0 atom stereocenters. The molecular formula is C17H19N3O2. The van der Waals surface area contributed by atoms with Crippen molar-refractivity contribution in [1.29, 1.82) is 0 Å². The van der Waals surface area contributed by atoms with Crippen molar-refractivity contribution >= 4 is 16.6 Å². The van der Waals surface area contributed by atoms with Crippen molar-refractivity contribution in [3.05, 3.63) is 34.5 Å². The van der Waals surface area contributed by atoms with Crippen LogP contribution in [0.15, 0.2) is 24.4 Å². The van der Waals surface area contributed by atoms with E-state index in [4.69, 9.17) is 0 Å². The number of hydrogen-bond acceptors (Lipinski definition) is 3. The summed E-state index contributed by atoms with van der Waals surface area (Å²) in [4.78, 5) is 10.6. The lowest BCUT2D eigenvalue weighted by Crippen LogP contribution is -2.52. The van der Waals surface area contributed by atoms with Crippen LogP contribution in [-0.2, 0) is 5.54 Å². The lowest BCUT2D eigenvalue weighted by atomic mass is 9.53. The van der Waals surface area contributed by atoms with Gasteiger partial charge in [0, 0.05) is 17.5 Å². The first-order valence-corrected chi connectivity index (χ1v) is 8.26. The Morgan fingerprint density at radius 2 is 1.77 bits per heavy atom. The van der Waals surface area contributed by atoms with E-state index in [2.05, 4.69) is 9.78 Å². The number of nitro groups is 1. The number of non-ortho nitro benzene ring substituents is 1. The van der Waals surface area contributed by atoms with Crippen LogP contribution in [-0.4, -0.2) is 14.7 Å². The Hall–Kier alpha value is -1.91. The summed E-state index contributed by atoms with van der Waals surface area (Å²) in [6.07, 6.45) is 9.75. The Morgan fingerprint density at radius 3 is 2.36 bits per heavy atom. The molecule has 0 N–H and O–H groups in total. The van der Waals surface area contributed by atoms with E-state index in [1.54, 1.807) is 18.3 Å². The van der Waals surface area contributed by atoms with Gasteiger partial charge in [-0.15, -0.1) is 0 Å². The van der Waals surface area contributed by atoms with E-state index in [0.717, 1.165) is 28.7 Å². The maximum Gasteiger partial charge on any atom is 0.270 e. The second-order valence-corrected chi connectivity index (χ2v) is 7.70. The summed E-state index contributed by atoms with van der Waals surface area (Å²) in [7, 11) is 0. The maximum absolute atomic E-state index is 11.0. The average molecular weight is 297 g/mol. The van der Waals surface area contributed by atoms with Gasteiger partial charge in [0.1, 0.15) is 0 Å². The molecule has 0 spiro atoms. The predicted octanol–water partition coefficient (Wildman–Crippen LogP) is 3.87. The number of hydrogen-bond donors (Lipinski definition) is 0. The molecule has 114 valence electrons. The van der Waals surface area contributed by atoms with E-state index in [0.29, 0.717) is 0 Å². The summed E-state index contributed by atoms with van der Waals surface area (Å²) in [6, 6.07) is 5.15. The highest BCUT2D eigenvalue weighted by atomic mass is 16.6. The largest absolute Gasteiger partial charge is 0.270 e. The first-order chi connectivity index (χ1) is 10.6. The van der Waals surface area contributed by atoms with E-state index in [9.17, 15) is 10.1 Å². The van der Waals surface area contributed by atoms with Gasteiger partial charge in [-0.25, -0.2) is 0 Å². The molecule has 5 nitrogen and oxygen atoms in total. The molecule has 1 aromatic carbocycles. The van der Waals surface area contributed by atoms with Gasteiger partial charge < -0.3 is 0 Å². The van der Waals surface area contributed by atoms with Crippen molar-refractivity contribution in [2.24, 2.45) is 17.8 Å². The number of rotatable bonds is 2. The van der Waals surface area contributed by atoms with Crippen molar-refractivity contribution in [2.75, 3.05) is 0 Å². The number of nitrogens with zero attached hydrogens (tertiary/aromatic N) is 3. The summed E-state index contributed by atoms with van der Waals surface area (Å²) >= 11 is 0. The van der Waals surface area contributed by atoms with Crippen LogP contribution < -0.4 is 0 Å². The SMILES string of the molecule is O=[N+]([O-])c1ccc2c(cnn2C23CC4CC(CC(C4)C2)C3)c1. The molecule has 4 aliphatic carbocycles. The van der Waals surface area contributed by atoms with Crippen LogP contribution in [0.4, 0.5) is 5.69 Å². The van der Waals surface area contributed by atoms with Gasteiger partial charge in [0.05, 0.1) is 22.2 Å². The van der Waals surface area contributed by atoms with E-state index in [1.165, 1.54) is 38.5 Å². The Balaban J connectivity index is 1.63. The zero-order valence-corrected chi connectivity index (χ0v) is 12.4. The van der Waals surface area contributed by atoms with Crippen LogP contribution in [0.1, 0.15) is 38.5 Å². The second kappa shape index (κ2) is 4.09. The smallest absolute Gasteiger partial charge is 0.259 e. The van der Waals surface area contributed by atoms with Gasteiger partial charge in [0.2, 0.25) is 0 Å². The molecule has 2 aromatic rings. The lowest BCUT2D eigenvalue weighted by Gasteiger charge is -2.56. The first-order valence-electron chi connectivity index (χ1n) is 8.26. The highest BCUT2D eigenvalue weighted by Crippen LogP contribution is 2.59. The van der Waals surface area contributed by atoms with Crippen molar-refractivity contribution in [3.63, 3.8) is 0 Å². The highest BCUT2D eigenvalue weighted by molar-refractivity contribution is 5.81. The Morgan fingerprint density at radius 1 is 1.14 bits per heavy atom. The zero-order valence-electron chi connectivity index (χ0n) is 12.4. The van der Waals surface area contributed by atoms with E-state index < -0.39 is 0 Å². The molecule has 0 amide bonds. The first kappa shape index (κ1) is 12.6. The minimum atomic E-state index is -0.332. The van der Waals surface area contributed by atoms with Gasteiger partial charge in [-0.2, -0.15) is 5.10 Å². The van der Waals surface area contributed by atoms with Crippen LogP contribution >= 0.6 is 0 Å². The zero-order chi connectivity index (χ0) is 14.9. The molecule has 6 rings (SSSR count). The number of nitro benzene ring substituents is 1. The lowest BCUT2D eigenvalue weighted by molar-refractivity contribution is -0.384. The minimum absolute atomic E-state index is 0.151. The standard InChI is InChI=1S/C17H19N3O2/c21-20(22)15-1-2-16-14(6-15)10-18-19(16)17-7-11-3-12(8-17)5-13(4-11)9-17/h1-2,6,10-13H,3-5,7-9H2. The van der Waals surface area contributed by atoms with Gasteiger partial charge in [0.15, 0.2) is 0 Å². The van der Waals surface area contributed by atoms with E-state index in [1.807, 2.05) is 6.07 Å². The Bertz CT molecular complexity index is 744. The molecule has 5 heteroatoms. The molecule has 4 aliphatic rings. The van der Waals surface area contributed by atoms with E-state index >= 15 is 0 Å². The summed E-state index contributed by atoms with van der Waals surface area (Å²) in [5.41, 5.74) is 1.39. The monoisotopic (exact) mass is 297 g/mol. The van der Waals surface area contributed by atoms with Crippen LogP contribution in [0.3, 0.4) is 0 Å². The van der Waals surface area contributed by atoms with Gasteiger partial charge in [-0.05, 0) is 62.3 Å². The molecule has 22 heavy (non-hydrogen) atoms. The van der Waals surface area contributed by atoms with Crippen LogP contribution in [0.25, 0.3) is 10.9 Å². The van der Waals surface area contributed by atoms with Gasteiger partial charge in [-0.1, -0.05) is 0 Å². The molecule has 0 unspecified atom stereocenters. The van der Waals surface area contributed by atoms with Crippen LogP contribution in [0.5, 0.6) is 0 Å². The molecule has 0 saturated heterocycles. The second-order valence-electron chi connectivity index (χ2n) is 7.70. The topological polar surface area (TPSA) is 61.0 Å². The fourth-order valence-corrected chi connectivity index (χ4v) is 5.84. The number of fused-ring (bicyclic) bond motifs is 1. The minimum Gasteiger partial charge on any atom is -0.259 e. The van der Waals surface area contributed by atoms with Crippen LogP contribution in [0, 0.1) is 27.9 Å². The van der Waals surface area contributed by atoms with Crippen molar-refractivity contribution < 1.29 is 4.92 Å². The molecule has 4 fully saturated rings. The average Bonchev–Trinajstić information content (AvgIpc) is 2.89. The summed E-state index contributed by atoms with van der Waals surface area (Å²) < 4.78 is 2.22. The fraction of sp³-hybridized carbons (Fsp3) is 0.588. The van der Waals surface area contributed by atoms with Gasteiger partial charge in [0.25, 0.3) is 5.69 Å². The van der Waals surface area contributed by atoms with Crippen molar-refractivity contribution in [1.82, 2.24) is 9.78 Å². The molecular weight excluding hydrogens is 278 g/mol. The molecule has 4 saturated carbocycles. The molecule has 0 aliphatic heterocycles. The van der Waals surface area contributed by atoms with Crippen LogP contribution in [0.2, 0.25) is 0 Å². The third kappa shape index (κ3) is 1.62. The predicted molar refractivity (Wildman–Crippen MR) is 82.5 cm³/mol. The number of aromatic nitrogens is 2. The molecule has 1 heterocycles. The summed E-state index contributed by atoms with van der Waals surface area (Å²) in [6.45, 7) is 0. The third-order valence-corrected chi connectivity index (χ3v) is 6.22. The third-order valence-electron chi connectivity index (χ3n) is 6.22. The van der Waals surface area contributed by atoms with E-state index in [-0.39, 0.29) is 16.1 Å². The summed E-state index contributed by atoms with van der Waals surface area (Å²) in [5, 5.41) is 16.5. The normalized spacial score (nSPS) is 36.1. The molecule has 0 radical (unpaired) electrons. The Labute approximate surface area is 128 Å². The number of benzene rings is 1. The molecule has 4 bridgehead atoms. The maximum atomic E-state index is 11.0.